The second-order valence-corrected chi connectivity index (χ2v) is 5.11. The van der Waals surface area contributed by atoms with Crippen LogP contribution in [0.5, 0.6) is 0 Å². The van der Waals surface area contributed by atoms with E-state index in [4.69, 9.17) is 34.8 Å². The summed E-state index contributed by atoms with van der Waals surface area (Å²) in [7, 11) is 0. The third kappa shape index (κ3) is 2.39. The summed E-state index contributed by atoms with van der Waals surface area (Å²) >= 11 is 17.4. The summed E-state index contributed by atoms with van der Waals surface area (Å²) in [5.74, 6) is -0.00786. The molecule has 0 aromatic heterocycles. The second-order valence-electron chi connectivity index (χ2n) is 3.42. The SMILES string of the molecule is O=C1Cc2cc(CC(Cl)Cl)c(Cl)cc2N1. The van der Waals surface area contributed by atoms with E-state index in [1.165, 1.54) is 0 Å². The van der Waals surface area contributed by atoms with Gasteiger partial charge in [0.15, 0.2) is 0 Å². The summed E-state index contributed by atoms with van der Waals surface area (Å²) in [5, 5.41) is 3.31. The minimum atomic E-state index is -0.481. The molecule has 1 aliphatic heterocycles. The summed E-state index contributed by atoms with van der Waals surface area (Å²) in [6, 6.07) is 3.63. The average molecular weight is 265 g/mol. The van der Waals surface area contributed by atoms with Gasteiger partial charge in [-0.2, -0.15) is 0 Å². The molecule has 1 aliphatic rings. The fraction of sp³-hybridized carbons (Fsp3) is 0.300. The molecule has 1 N–H and O–H groups in total. The van der Waals surface area contributed by atoms with Crippen LogP contribution in [0, 0.1) is 0 Å². The lowest BCUT2D eigenvalue weighted by atomic mass is 10.1. The molecule has 80 valence electrons. The van der Waals surface area contributed by atoms with E-state index in [9.17, 15) is 4.79 Å². The van der Waals surface area contributed by atoms with E-state index in [0.29, 0.717) is 17.9 Å². The highest BCUT2D eigenvalue weighted by Gasteiger charge is 2.19. The Morgan fingerprint density at radius 2 is 2.13 bits per heavy atom. The van der Waals surface area contributed by atoms with Crippen molar-refractivity contribution in [3.05, 3.63) is 28.3 Å². The lowest BCUT2D eigenvalue weighted by molar-refractivity contribution is -0.115. The Bertz CT molecular complexity index is 417. The Kier molecular flexibility index (Phi) is 3.10. The first-order valence-corrected chi connectivity index (χ1v) is 5.70. The van der Waals surface area contributed by atoms with Gasteiger partial charge in [-0.15, -0.1) is 23.2 Å². The number of benzene rings is 1. The maximum absolute atomic E-state index is 11.1. The molecule has 0 atom stereocenters. The minimum absolute atomic E-state index is 0.00786. The summed E-state index contributed by atoms with van der Waals surface area (Å²) in [4.78, 5) is 10.7. The van der Waals surface area contributed by atoms with Gasteiger partial charge in [0.2, 0.25) is 5.91 Å². The maximum atomic E-state index is 11.1. The van der Waals surface area contributed by atoms with Gasteiger partial charge in [0, 0.05) is 17.1 Å². The Labute approximate surface area is 103 Å². The Morgan fingerprint density at radius 3 is 2.80 bits per heavy atom. The fourth-order valence-corrected chi connectivity index (χ4v) is 2.20. The van der Waals surface area contributed by atoms with Crippen molar-refractivity contribution < 1.29 is 4.79 Å². The molecule has 15 heavy (non-hydrogen) atoms. The molecule has 0 bridgehead atoms. The highest BCUT2D eigenvalue weighted by atomic mass is 35.5. The first-order valence-electron chi connectivity index (χ1n) is 4.45. The van der Waals surface area contributed by atoms with Crippen molar-refractivity contribution in [1.29, 1.82) is 0 Å². The monoisotopic (exact) mass is 263 g/mol. The number of nitrogens with one attached hydrogen (secondary N) is 1. The van der Waals surface area contributed by atoms with Crippen LogP contribution < -0.4 is 5.32 Å². The van der Waals surface area contributed by atoms with Crippen molar-refractivity contribution in [2.75, 3.05) is 5.32 Å². The van der Waals surface area contributed by atoms with Gasteiger partial charge in [0.25, 0.3) is 0 Å². The number of amides is 1. The first-order chi connectivity index (χ1) is 7.06. The molecule has 1 aromatic rings. The van der Waals surface area contributed by atoms with Crippen LogP contribution in [0.3, 0.4) is 0 Å². The van der Waals surface area contributed by atoms with E-state index in [2.05, 4.69) is 5.32 Å². The molecule has 0 saturated carbocycles. The van der Waals surface area contributed by atoms with E-state index in [1.807, 2.05) is 6.07 Å². The van der Waals surface area contributed by atoms with Crippen molar-refractivity contribution >= 4 is 46.4 Å². The van der Waals surface area contributed by atoms with Gasteiger partial charge >= 0.3 is 0 Å². The third-order valence-electron chi connectivity index (χ3n) is 2.27. The number of alkyl halides is 2. The van der Waals surface area contributed by atoms with Crippen molar-refractivity contribution in [1.82, 2.24) is 0 Å². The molecule has 0 unspecified atom stereocenters. The molecule has 0 spiro atoms. The predicted octanol–water partition coefficient (Wildman–Crippen LogP) is 3.18. The van der Waals surface area contributed by atoms with Crippen LogP contribution in [0.4, 0.5) is 5.69 Å². The van der Waals surface area contributed by atoms with Crippen molar-refractivity contribution in [3.8, 4) is 0 Å². The van der Waals surface area contributed by atoms with E-state index >= 15 is 0 Å². The third-order valence-corrected chi connectivity index (χ3v) is 2.93. The molecule has 0 radical (unpaired) electrons. The Hall–Kier alpha value is -0.440. The highest BCUT2D eigenvalue weighted by molar-refractivity contribution is 6.44. The number of anilines is 1. The van der Waals surface area contributed by atoms with Gasteiger partial charge < -0.3 is 5.32 Å². The average Bonchev–Trinajstić information content (AvgIpc) is 2.44. The van der Waals surface area contributed by atoms with E-state index in [1.54, 1.807) is 6.07 Å². The van der Waals surface area contributed by atoms with E-state index < -0.39 is 4.84 Å². The lowest BCUT2D eigenvalue weighted by Gasteiger charge is -2.07. The number of rotatable bonds is 2. The minimum Gasteiger partial charge on any atom is -0.325 e. The molecule has 1 amide bonds. The summed E-state index contributed by atoms with van der Waals surface area (Å²) in [5.41, 5.74) is 2.62. The lowest BCUT2D eigenvalue weighted by Crippen LogP contribution is -2.03. The van der Waals surface area contributed by atoms with Crippen LogP contribution in [0.15, 0.2) is 12.1 Å². The number of carbonyl (C=O) groups is 1. The van der Waals surface area contributed by atoms with Crippen LogP contribution >= 0.6 is 34.8 Å². The summed E-state index contributed by atoms with van der Waals surface area (Å²) < 4.78 is 0. The molecule has 0 fully saturated rings. The van der Waals surface area contributed by atoms with Gasteiger partial charge in [-0.25, -0.2) is 0 Å². The standard InChI is InChI=1S/C10H8Cl3NO/c11-7-4-8-6(3-10(15)14-8)1-5(7)2-9(12)13/h1,4,9H,2-3H2,(H,14,15). The number of halogens is 3. The molecule has 0 aliphatic carbocycles. The van der Waals surface area contributed by atoms with Gasteiger partial charge in [0.1, 0.15) is 4.84 Å². The van der Waals surface area contributed by atoms with Crippen LogP contribution in [-0.2, 0) is 17.6 Å². The smallest absolute Gasteiger partial charge is 0.228 e. The van der Waals surface area contributed by atoms with Gasteiger partial charge in [-0.1, -0.05) is 17.7 Å². The zero-order valence-corrected chi connectivity index (χ0v) is 9.96. The summed E-state index contributed by atoms with van der Waals surface area (Å²) in [6.07, 6.45) is 0.887. The fourth-order valence-electron chi connectivity index (χ4n) is 1.62. The number of hydrogen-bond donors (Lipinski definition) is 1. The molecule has 0 saturated heterocycles. The zero-order chi connectivity index (χ0) is 11.0. The quantitative estimate of drug-likeness (QED) is 0.817. The topological polar surface area (TPSA) is 29.1 Å². The largest absolute Gasteiger partial charge is 0.325 e. The molecular weight excluding hydrogens is 256 g/mol. The second kappa shape index (κ2) is 4.20. The Morgan fingerprint density at radius 1 is 1.40 bits per heavy atom. The van der Waals surface area contributed by atoms with Crippen molar-refractivity contribution in [2.24, 2.45) is 0 Å². The highest BCUT2D eigenvalue weighted by Crippen LogP contribution is 2.31. The zero-order valence-electron chi connectivity index (χ0n) is 7.69. The number of carbonyl (C=O) groups excluding carboxylic acids is 1. The van der Waals surface area contributed by atoms with E-state index in [0.717, 1.165) is 16.8 Å². The molecule has 2 rings (SSSR count). The normalized spacial score (nSPS) is 14.3. The van der Waals surface area contributed by atoms with Crippen LogP contribution in [0.2, 0.25) is 5.02 Å². The molecule has 1 aromatic carbocycles. The summed E-state index contributed by atoms with van der Waals surface area (Å²) in [6.45, 7) is 0. The van der Waals surface area contributed by atoms with Crippen LogP contribution in [0.1, 0.15) is 11.1 Å². The van der Waals surface area contributed by atoms with E-state index in [-0.39, 0.29) is 5.91 Å². The predicted molar refractivity (Wildman–Crippen MR) is 63.0 cm³/mol. The van der Waals surface area contributed by atoms with Gasteiger partial charge in [0.05, 0.1) is 6.42 Å². The van der Waals surface area contributed by atoms with Crippen LogP contribution in [0.25, 0.3) is 0 Å². The maximum Gasteiger partial charge on any atom is 0.228 e. The van der Waals surface area contributed by atoms with Crippen molar-refractivity contribution in [2.45, 2.75) is 17.7 Å². The Balaban J connectivity index is 2.35. The van der Waals surface area contributed by atoms with Gasteiger partial charge in [-0.3, -0.25) is 4.79 Å². The van der Waals surface area contributed by atoms with Crippen molar-refractivity contribution in [3.63, 3.8) is 0 Å². The molecule has 1 heterocycles. The molecule has 2 nitrogen and oxygen atoms in total. The molecular formula is C10H8Cl3NO. The molecule has 5 heteroatoms. The first kappa shape index (κ1) is 11.1. The number of hydrogen-bond acceptors (Lipinski definition) is 1. The van der Waals surface area contributed by atoms with Gasteiger partial charge in [-0.05, 0) is 17.2 Å². The van der Waals surface area contributed by atoms with Crippen LogP contribution in [-0.4, -0.2) is 10.7 Å². The number of fused-ring (bicyclic) bond motifs is 1.